The average molecular weight is 409 g/mol. The molecule has 0 saturated carbocycles. The van der Waals surface area contributed by atoms with Crippen molar-refractivity contribution in [3.05, 3.63) is 89.0 Å². The molecule has 0 saturated heterocycles. The Labute approximate surface area is 171 Å². The predicted octanol–water partition coefficient (Wildman–Crippen LogP) is 4.92. The van der Waals surface area contributed by atoms with Gasteiger partial charge in [0.15, 0.2) is 0 Å². The molecule has 0 unspecified atom stereocenters. The van der Waals surface area contributed by atoms with Gasteiger partial charge in [-0.3, -0.25) is 9.52 Å². The Kier molecular flexibility index (Phi) is 6.03. The van der Waals surface area contributed by atoms with Crippen LogP contribution in [0.25, 0.3) is 0 Å². The van der Waals surface area contributed by atoms with Crippen molar-refractivity contribution in [1.82, 2.24) is 0 Å². The molecule has 29 heavy (non-hydrogen) atoms. The summed E-state index contributed by atoms with van der Waals surface area (Å²) in [6.45, 7) is 5.70. The Balaban J connectivity index is 1.79. The van der Waals surface area contributed by atoms with Gasteiger partial charge in [0, 0.05) is 11.3 Å². The van der Waals surface area contributed by atoms with Crippen LogP contribution in [0.5, 0.6) is 0 Å². The Morgan fingerprint density at radius 2 is 1.59 bits per heavy atom. The second-order valence-corrected chi connectivity index (χ2v) is 8.60. The Hall–Kier alpha value is -3.12. The molecule has 0 aliphatic carbocycles. The van der Waals surface area contributed by atoms with E-state index in [1.54, 1.807) is 49.4 Å². The minimum atomic E-state index is -3.69. The molecule has 0 aliphatic heterocycles. The van der Waals surface area contributed by atoms with Crippen molar-refractivity contribution in [2.75, 3.05) is 10.0 Å². The van der Waals surface area contributed by atoms with Crippen LogP contribution in [0.15, 0.2) is 71.6 Å². The number of rotatable bonds is 6. The fraction of sp³-hybridized carbons (Fsp3) is 0.174. The highest BCUT2D eigenvalue weighted by molar-refractivity contribution is 7.92. The highest BCUT2D eigenvalue weighted by atomic mass is 32.2. The lowest BCUT2D eigenvalue weighted by Gasteiger charge is -2.13. The number of para-hydroxylation sites is 1. The summed E-state index contributed by atoms with van der Waals surface area (Å²) >= 11 is 0. The van der Waals surface area contributed by atoms with Crippen LogP contribution in [0.3, 0.4) is 0 Å². The van der Waals surface area contributed by atoms with Crippen LogP contribution in [0.4, 0.5) is 11.4 Å². The van der Waals surface area contributed by atoms with Gasteiger partial charge in [0.1, 0.15) is 0 Å². The topological polar surface area (TPSA) is 75.3 Å². The Morgan fingerprint density at radius 1 is 0.897 bits per heavy atom. The van der Waals surface area contributed by atoms with Crippen molar-refractivity contribution in [2.45, 2.75) is 32.1 Å². The molecule has 0 bridgehead atoms. The molecule has 0 aromatic heterocycles. The molecule has 1 amide bonds. The van der Waals surface area contributed by atoms with Gasteiger partial charge in [-0.15, -0.1) is 0 Å². The third-order valence-electron chi connectivity index (χ3n) is 4.71. The number of nitrogens with one attached hydrogen (secondary N) is 2. The first-order valence-electron chi connectivity index (χ1n) is 9.39. The van der Waals surface area contributed by atoms with Crippen LogP contribution < -0.4 is 10.0 Å². The zero-order valence-electron chi connectivity index (χ0n) is 16.7. The molecule has 2 N–H and O–H groups in total. The number of carbonyl (C=O) groups is 1. The van der Waals surface area contributed by atoms with Gasteiger partial charge in [-0.1, -0.05) is 42.8 Å². The minimum absolute atomic E-state index is 0.195. The van der Waals surface area contributed by atoms with E-state index >= 15 is 0 Å². The fourth-order valence-corrected chi connectivity index (χ4v) is 4.12. The maximum atomic E-state index is 12.6. The van der Waals surface area contributed by atoms with Gasteiger partial charge < -0.3 is 5.32 Å². The van der Waals surface area contributed by atoms with Gasteiger partial charge in [-0.25, -0.2) is 8.42 Å². The van der Waals surface area contributed by atoms with Crippen LogP contribution in [0.1, 0.15) is 34.0 Å². The Morgan fingerprint density at radius 3 is 2.24 bits per heavy atom. The molecule has 3 aromatic rings. The van der Waals surface area contributed by atoms with E-state index in [-0.39, 0.29) is 10.8 Å². The van der Waals surface area contributed by atoms with Crippen LogP contribution in [-0.4, -0.2) is 14.3 Å². The second kappa shape index (κ2) is 8.49. The molecule has 0 fully saturated rings. The first kappa shape index (κ1) is 20.6. The van der Waals surface area contributed by atoms with E-state index < -0.39 is 10.0 Å². The molecule has 0 spiro atoms. The van der Waals surface area contributed by atoms with Crippen molar-refractivity contribution in [3.63, 3.8) is 0 Å². The number of hydrogen-bond acceptors (Lipinski definition) is 3. The van der Waals surface area contributed by atoms with Gasteiger partial charge in [0.2, 0.25) is 0 Å². The number of benzene rings is 3. The predicted molar refractivity (Wildman–Crippen MR) is 117 cm³/mol. The number of amides is 1. The number of sulfonamides is 1. The lowest BCUT2D eigenvalue weighted by Crippen LogP contribution is -2.16. The summed E-state index contributed by atoms with van der Waals surface area (Å²) in [4.78, 5) is 12.8. The van der Waals surface area contributed by atoms with Crippen molar-refractivity contribution in [3.8, 4) is 0 Å². The number of aryl methyl sites for hydroxylation is 3. The molecule has 0 atom stereocenters. The van der Waals surface area contributed by atoms with Crippen LogP contribution in [0.2, 0.25) is 0 Å². The van der Waals surface area contributed by atoms with Crippen molar-refractivity contribution in [2.24, 2.45) is 0 Å². The first-order valence-corrected chi connectivity index (χ1v) is 10.9. The van der Waals surface area contributed by atoms with E-state index in [2.05, 4.69) is 10.0 Å². The lowest BCUT2D eigenvalue weighted by atomic mass is 10.1. The minimum Gasteiger partial charge on any atom is -0.322 e. The summed E-state index contributed by atoms with van der Waals surface area (Å²) in [6, 6.07) is 19.2. The van der Waals surface area contributed by atoms with Gasteiger partial charge in [0.25, 0.3) is 15.9 Å². The highest BCUT2D eigenvalue weighted by Gasteiger charge is 2.16. The van der Waals surface area contributed by atoms with Crippen LogP contribution in [0, 0.1) is 13.8 Å². The van der Waals surface area contributed by atoms with Crippen molar-refractivity contribution < 1.29 is 13.2 Å². The summed E-state index contributed by atoms with van der Waals surface area (Å²) < 4.78 is 27.8. The summed E-state index contributed by atoms with van der Waals surface area (Å²) in [5, 5.41) is 2.93. The third kappa shape index (κ3) is 4.84. The van der Waals surface area contributed by atoms with Crippen molar-refractivity contribution >= 4 is 27.3 Å². The van der Waals surface area contributed by atoms with E-state index in [0.29, 0.717) is 16.8 Å². The smallest absolute Gasteiger partial charge is 0.261 e. The third-order valence-corrected chi connectivity index (χ3v) is 6.09. The molecule has 5 nitrogen and oxygen atoms in total. The number of anilines is 2. The first-order chi connectivity index (χ1) is 13.8. The maximum Gasteiger partial charge on any atom is 0.261 e. The normalized spacial score (nSPS) is 11.1. The summed E-state index contributed by atoms with van der Waals surface area (Å²) in [5.74, 6) is -0.234. The largest absolute Gasteiger partial charge is 0.322 e. The van der Waals surface area contributed by atoms with Crippen molar-refractivity contribution in [1.29, 1.82) is 0 Å². The molecule has 0 radical (unpaired) electrons. The molecule has 0 heterocycles. The molecular formula is C23H24N2O3S. The average Bonchev–Trinajstić information content (AvgIpc) is 2.70. The van der Waals surface area contributed by atoms with Crippen LogP contribution in [-0.2, 0) is 16.4 Å². The van der Waals surface area contributed by atoms with E-state index in [4.69, 9.17) is 0 Å². The van der Waals surface area contributed by atoms with E-state index in [9.17, 15) is 13.2 Å². The van der Waals surface area contributed by atoms with E-state index in [1.165, 1.54) is 0 Å². The van der Waals surface area contributed by atoms with Gasteiger partial charge in [0.05, 0.1) is 10.6 Å². The SMILES string of the molecule is CCc1ccccc1NC(=O)c1ccc(NS(=O)(=O)c2ccc(C)cc2)c(C)c1. The molecule has 3 rings (SSSR count). The quantitative estimate of drug-likeness (QED) is 0.608. The second-order valence-electron chi connectivity index (χ2n) is 6.91. The highest BCUT2D eigenvalue weighted by Crippen LogP contribution is 2.22. The summed E-state index contributed by atoms with van der Waals surface area (Å²) in [6.07, 6.45) is 0.815. The fourth-order valence-electron chi connectivity index (χ4n) is 2.99. The zero-order chi connectivity index (χ0) is 21.0. The molecule has 0 aliphatic rings. The maximum absolute atomic E-state index is 12.6. The Bertz CT molecular complexity index is 1140. The standard InChI is InChI=1S/C23H24N2O3S/c1-4-18-7-5-6-8-22(18)24-23(26)19-11-14-21(17(3)15-19)25-29(27,28)20-12-9-16(2)10-13-20/h5-15,25H,4H2,1-3H3,(H,24,26). The number of hydrogen-bond donors (Lipinski definition) is 2. The monoisotopic (exact) mass is 408 g/mol. The molecule has 6 heteroatoms. The van der Waals surface area contributed by atoms with E-state index in [0.717, 1.165) is 23.2 Å². The number of carbonyl (C=O) groups excluding carboxylic acids is 1. The zero-order valence-corrected chi connectivity index (χ0v) is 17.5. The summed E-state index contributed by atoms with van der Waals surface area (Å²) in [5.41, 5.74) is 4.39. The van der Waals surface area contributed by atoms with Gasteiger partial charge in [-0.2, -0.15) is 0 Å². The lowest BCUT2D eigenvalue weighted by molar-refractivity contribution is 0.102. The molecule has 3 aromatic carbocycles. The van der Waals surface area contributed by atoms with Gasteiger partial charge in [-0.05, 0) is 67.8 Å². The summed E-state index contributed by atoms with van der Waals surface area (Å²) in [7, 11) is -3.69. The van der Waals surface area contributed by atoms with Gasteiger partial charge >= 0.3 is 0 Å². The van der Waals surface area contributed by atoms with Crippen LogP contribution >= 0.6 is 0 Å². The molecule has 150 valence electrons. The van der Waals surface area contributed by atoms with E-state index in [1.807, 2.05) is 38.1 Å². The molecular weight excluding hydrogens is 384 g/mol.